The molecule has 0 aliphatic heterocycles. The maximum atomic E-state index is 12.3. The molecule has 0 bridgehead atoms. The molecule has 4 heteroatoms. The highest BCUT2D eigenvalue weighted by Gasteiger charge is 2.20. The van der Waals surface area contributed by atoms with E-state index in [0.717, 1.165) is 17.5 Å². The van der Waals surface area contributed by atoms with Crippen molar-refractivity contribution in [3.05, 3.63) is 64.7 Å². The van der Waals surface area contributed by atoms with Crippen molar-refractivity contribution in [2.24, 2.45) is 0 Å². The van der Waals surface area contributed by atoms with Gasteiger partial charge in [-0.1, -0.05) is 36.8 Å². The lowest BCUT2D eigenvalue weighted by atomic mass is 10.1. The van der Waals surface area contributed by atoms with E-state index in [9.17, 15) is 9.59 Å². The third kappa shape index (κ3) is 4.44. The lowest BCUT2D eigenvalue weighted by Crippen LogP contribution is -2.30. The van der Waals surface area contributed by atoms with Gasteiger partial charge in [-0.3, -0.25) is 4.79 Å². The van der Waals surface area contributed by atoms with Crippen molar-refractivity contribution < 1.29 is 14.3 Å². The number of esters is 1. The predicted octanol–water partition coefficient (Wildman–Crippen LogP) is 4.05. The monoisotopic (exact) mass is 325 g/mol. The van der Waals surface area contributed by atoms with Gasteiger partial charge in [0.05, 0.1) is 5.56 Å². The van der Waals surface area contributed by atoms with Crippen molar-refractivity contribution in [1.82, 2.24) is 0 Å². The average Bonchev–Trinajstić information content (AvgIpc) is 2.57. The second kappa shape index (κ2) is 7.77. The van der Waals surface area contributed by atoms with Crippen LogP contribution in [0, 0.1) is 13.8 Å². The third-order valence-electron chi connectivity index (χ3n) is 3.90. The van der Waals surface area contributed by atoms with Crippen LogP contribution in [-0.2, 0) is 16.0 Å². The molecule has 24 heavy (non-hydrogen) atoms. The normalized spacial score (nSPS) is 11.7. The van der Waals surface area contributed by atoms with Gasteiger partial charge in [0.1, 0.15) is 0 Å². The first-order valence-corrected chi connectivity index (χ1v) is 8.08. The van der Waals surface area contributed by atoms with Crippen molar-refractivity contribution in [1.29, 1.82) is 0 Å². The Labute approximate surface area is 142 Å². The van der Waals surface area contributed by atoms with Gasteiger partial charge in [0.2, 0.25) is 0 Å². The number of benzene rings is 2. The third-order valence-corrected chi connectivity index (χ3v) is 3.90. The average molecular weight is 325 g/mol. The smallest absolute Gasteiger partial charge is 0.339 e. The summed E-state index contributed by atoms with van der Waals surface area (Å²) >= 11 is 0. The van der Waals surface area contributed by atoms with Gasteiger partial charge < -0.3 is 10.1 Å². The van der Waals surface area contributed by atoms with Gasteiger partial charge >= 0.3 is 5.97 Å². The molecule has 0 aromatic heterocycles. The van der Waals surface area contributed by atoms with E-state index in [0.29, 0.717) is 11.3 Å². The fourth-order valence-electron chi connectivity index (χ4n) is 2.30. The number of hydrogen-bond acceptors (Lipinski definition) is 3. The Bertz CT molecular complexity index is 735. The number of nitrogens with one attached hydrogen (secondary N) is 1. The molecule has 2 rings (SSSR count). The molecule has 2 aromatic carbocycles. The molecule has 4 nitrogen and oxygen atoms in total. The predicted molar refractivity (Wildman–Crippen MR) is 95.2 cm³/mol. The second-order valence-corrected chi connectivity index (χ2v) is 5.91. The van der Waals surface area contributed by atoms with Crippen LogP contribution in [-0.4, -0.2) is 18.0 Å². The highest BCUT2D eigenvalue weighted by molar-refractivity contribution is 5.97. The van der Waals surface area contributed by atoms with E-state index in [2.05, 4.69) is 12.2 Å². The summed E-state index contributed by atoms with van der Waals surface area (Å²) in [6.07, 6.45) is 0.0706. The molecule has 0 fully saturated rings. The summed E-state index contributed by atoms with van der Waals surface area (Å²) in [5, 5.41) is 2.76. The molecule has 0 aliphatic carbocycles. The number of aryl methyl sites for hydroxylation is 3. The summed E-state index contributed by atoms with van der Waals surface area (Å²) in [4.78, 5) is 24.5. The molecular weight excluding hydrogens is 302 g/mol. The van der Waals surface area contributed by atoms with E-state index in [-0.39, 0.29) is 5.91 Å². The molecule has 126 valence electrons. The molecule has 0 heterocycles. The summed E-state index contributed by atoms with van der Waals surface area (Å²) < 4.78 is 5.30. The zero-order valence-corrected chi connectivity index (χ0v) is 14.6. The van der Waals surface area contributed by atoms with Crippen LogP contribution in [0.15, 0.2) is 42.5 Å². The molecule has 0 saturated carbocycles. The van der Waals surface area contributed by atoms with E-state index in [4.69, 9.17) is 4.74 Å². The summed E-state index contributed by atoms with van der Waals surface area (Å²) in [6.45, 7) is 7.39. The molecular formula is C20H23NO3. The minimum absolute atomic E-state index is 0.349. The highest BCUT2D eigenvalue weighted by atomic mass is 16.5. The quantitative estimate of drug-likeness (QED) is 0.844. The van der Waals surface area contributed by atoms with Crippen LogP contribution in [0.1, 0.15) is 40.9 Å². The van der Waals surface area contributed by atoms with Gasteiger partial charge in [-0.05, 0) is 56.5 Å². The van der Waals surface area contributed by atoms with E-state index in [1.54, 1.807) is 13.0 Å². The molecule has 0 unspecified atom stereocenters. The van der Waals surface area contributed by atoms with Crippen LogP contribution >= 0.6 is 0 Å². The maximum absolute atomic E-state index is 12.3. The van der Waals surface area contributed by atoms with E-state index in [1.165, 1.54) is 5.56 Å². The number of ether oxygens (including phenoxy) is 1. The Morgan fingerprint density at radius 2 is 1.75 bits per heavy atom. The molecule has 1 N–H and O–H groups in total. The Balaban J connectivity index is 2.00. The molecule has 0 spiro atoms. The van der Waals surface area contributed by atoms with Crippen molar-refractivity contribution in [3.63, 3.8) is 0 Å². The zero-order valence-electron chi connectivity index (χ0n) is 14.6. The van der Waals surface area contributed by atoms with Crippen LogP contribution in [0.25, 0.3) is 0 Å². The fraction of sp³-hybridized carbons (Fsp3) is 0.300. The highest BCUT2D eigenvalue weighted by Crippen LogP contribution is 2.14. The summed E-state index contributed by atoms with van der Waals surface area (Å²) in [5.74, 6) is -0.835. The van der Waals surface area contributed by atoms with Gasteiger partial charge in [-0.15, -0.1) is 0 Å². The number of hydrogen-bond donors (Lipinski definition) is 1. The largest absolute Gasteiger partial charge is 0.449 e. The first-order chi connectivity index (χ1) is 11.4. The Kier molecular flexibility index (Phi) is 5.74. The zero-order chi connectivity index (χ0) is 17.7. The Morgan fingerprint density at radius 1 is 1.08 bits per heavy atom. The molecule has 2 aromatic rings. The van der Waals surface area contributed by atoms with Gasteiger partial charge in [-0.2, -0.15) is 0 Å². The van der Waals surface area contributed by atoms with Gasteiger partial charge in [0, 0.05) is 5.69 Å². The number of amides is 1. The van der Waals surface area contributed by atoms with Gasteiger partial charge in [-0.25, -0.2) is 4.79 Å². The van der Waals surface area contributed by atoms with Crippen molar-refractivity contribution in [2.75, 3.05) is 5.32 Å². The lowest BCUT2D eigenvalue weighted by Gasteiger charge is -2.15. The first kappa shape index (κ1) is 17.7. The second-order valence-electron chi connectivity index (χ2n) is 5.91. The van der Waals surface area contributed by atoms with Crippen LogP contribution < -0.4 is 5.32 Å². The minimum Gasteiger partial charge on any atom is -0.449 e. The fourth-order valence-corrected chi connectivity index (χ4v) is 2.30. The minimum atomic E-state index is -0.872. The van der Waals surface area contributed by atoms with Crippen LogP contribution in [0.3, 0.4) is 0 Å². The Hall–Kier alpha value is -2.62. The van der Waals surface area contributed by atoms with E-state index >= 15 is 0 Å². The molecule has 1 amide bonds. The number of carbonyl (C=O) groups is 2. The van der Waals surface area contributed by atoms with Crippen molar-refractivity contribution in [3.8, 4) is 0 Å². The standard InChI is InChI=1S/C20H23NO3/c1-5-16-8-10-17(11-9-16)21-19(22)15(4)24-20(23)18-12-13(2)6-7-14(18)3/h6-12,15H,5H2,1-4H3,(H,21,22)/t15-/m1/s1. The maximum Gasteiger partial charge on any atom is 0.339 e. The lowest BCUT2D eigenvalue weighted by molar-refractivity contribution is -0.123. The molecule has 0 aliphatic rings. The van der Waals surface area contributed by atoms with Crippen LogP contribution in [0.5, 0.6) is 0 Å². The van der Waals surface area contributed by atoms with Crippen molar-refractivity contribution in [2.45, 2.75) is 40.2 Å². The molecule has 0 saturated heterocycles. The summed E-state index contributed by atoms with van der Waals surface area (Å²) in [7, 11) is 0. The van der Waals surface area contributed by atoms with E-state index in [1.807, 2.05) is 50.2 Å². The number of carbonyl (C=O) groups excluding carboxylic acids is 2. The molecule has 0 radical (unpaired) electrons. The van der Waals surface area contributed by atoms with Gasteiger partial charge in [0.15, 0.2) is 6.10 Å². The van der Waals surface area contributed by atoms with Crippen molar-refractivity contribution >= 4 is 17.6 Å². The Morgan fingerprint density at radius 3 is 2.38 bits per heavy atom. The molecule has 1 atom stereocenters. The topological polar surface area (TPSA) is 55.4 Å². The summed E-state index contributed by atoms with van der Waals surface area (Å²) in [6, 6.07) is 13.2. The van der Waals surface area contributed by atoms with Crippen LogP contribution in [0.2, 0.25) is 0 Å². The number of rotatable bonds is 5. The van der Waals surface area contributed by atoms with E-state index < -0.39 is 12.1 Å². The SMILES string of the molecule is CCc1ccc(NC(=O)[C@@H](C)OC(=O)c2cc(C)ccc2C)cc1. The number of anilines is 1. The van der Waals surface area contributed by atoms with Gasteiger partial charge in [0.25, 0.3) is 5.91 Å². The first-order valence-electron chi connectivity index (χ1n) is 8.08. The van der Waals surface area contributed by atoms with Crippen LogP contribution in [0.4, 0.5) is 5.69 Å². The summed E-state index contributed by atoms with van der Waals surface area (Å²) in [5.41, 5.74) is 4.17.